The molecule has 0 fully saturated rings. The van der Waals surface area contributed by atoms with Gasteiger partial charge in [-0.05, 0) is 30.0 Å². The van der Waals surface area contributed by atoms with Crippen molar-refractivity contribution in [3.05, 3.63) is 77.9 Å². The number of hydrogen-bond donors (Lipinski definition) is 2. The number of carbonyl (C=O) groups excluding carboxylic acids is 2. The number of allylic oxidation sites excluding steroid dienone is 1. The Hall–Kier alpha value is -3.08. The molecule has 1 heterocycles. The molecule has 3 rings (SSSR count). The first kappa shape index (κ1) is 21.6. The number of carbonyl (C=O) groups is 2. The van der Waals surface area contributed by atoms with Gasteiger partial charge in [0.1, 0.15) is 12.4 Å². The van der Waals surface area contributed by atoms with Gasteiger partial charge in [0.2, 0.25) is 5.91 Å². The molecule has 0 spiro atoms. The van der Waals surface area contributed by atoms with E-state index in [1.54, 1.807) is 12.1 Å². The van der Waals surface area contributed by atoms with E-state index >= 15 is 0 Å². The van der Waals surface area contributed by atoms with E-state index in [1.165, 1.54) is 0 Å². The maximum absolute atomic E-state index is 12.8. The Labute approximate surface area is 178 Å². The Morgan fingerprint density at radius 2 is 1.77 bits per heavy atom. The molecule has 30 heavy (non-hydrogen) atoms. The molecule has 2 atom stereocenters. The Morgan fingerprint density at radius 1 is 1.03 bits per heavy atom. The van der Waals surface area contributed by atoms with E-state index < -0.39 is 0 Å². The maximum Gasteiger partial charge on any atom is 0.255 e. The fourth-order valence-electron chi connectivity index (χ4n) is 3.69. The summed E-state index contributed by atoms with van der Waals surface area (Å²) >= 11 is 0. The van der Waals surface area contributed by atoms with Crippen LogP contribution in [0.25, 0.3) is 0 Å². The molecule has 2 amide bonds. The average Bonchev–Trinajstić information content (AvgIpc) is 2.74. The third-order valence-electron chi connectivity index (χ3n) is 5.10. The van der Waals surface area contributed by atoms with Crippen LogP contribution >= 0.6 is 0 Å². The van der Waals surface area contributed by atoms with E-state index in [0.717, 1.165) is 12.0 Å². The van der Waals surface area contributed by atoms with E-state index in [-0.39, 0.29) is 23.8 Å². The van der Waals surface area contributed by atoms with Crippen LogP contribution in [-0.4, -0.2) is 31.0 Å². The second-order valence-corrected chi connectivity index (χ2v) is 8.06. The molecule has 1 aliphatic rings. The molecule has 0 saturated carbocycles. The van der Waals surface area contributed by atoms with Gasteiger partial charge < -0.3 is 15.4 Å². The minimum Gasteiger partial charge on any atom is -0.489 e. The van der Waals surface area contributed by atoms with Gasteiger partial charge in [0.25, 0.3) is 5.91 Å². The SMILES string of the molecule is CC(C)C[C@H]1CNC(=O)c2ccccc2OC/C=C/C(c2ccccc2)CC(=O)N1. The molecule has 1 unspecified atom stereocenters. The highest BCUT2D eigenvalue weighted by atomic mass is 16.5. The second-order valence-electron chi connectivity index (χ2n) is 8.06. The standard InChI is InChI=1S/C25H30N2O3/c1-18(2)15-21-17-26-25(29)22-12-6-7-13-23(22)30-14-8-11-20(16-24(28)27-21)19-9-4-3-5-10-19/h3-13,18,20-21H,14-17H2,1-2H3,(H,26,29)(H,27,28)/b11-8+/t20?,21-/m0/s1. The summed E-state index contributed by atoms with van der Waals surface area (Å²) in [6.07, 6.45) is 5.06. The minimum atomic E-state index is -0.197. The normalized spacial score (nSPS) is 21.6. The van der Waals surface area contributed by atoms with Crippen LogP contribution in [0.4, 0.5) is 0 Å². The van der Waals surface area contributed by atoms with Gasteiger partial charge in [-0.1, -0.05) is 68.5 Å². The van der Waals surface area contributed by atoms with Crippen molar-refractivity contribution in [3.63, 3.8) is 0 Å². The van der Waals surface area contributed by atoms with Crippen molar-refractivity contribution >= 4 is 11.8 Å². The quantitative estimate of drug-likeness (QED) is 0.755. The lowest BCUT2D eigenvalue weighted by molar-refractivity contribution is -0.122. The monoisotopic (exact) mass is 406 g/mol. The molecule has 5 heteroatoms. The van der Waals surface area contributed by atoms with E-state index in [2.05, 4.69) is 24.5 Å². The zero-order valence-electron chi connectivity index (χ0n) is 17.6. The maximum atomic E-state index is 12.8. The van der Waals surface area contributed by atoms with Crippen LogP contribution in [0, 0.1) is 5.92 Å². The Bertz CT molecular complexity index is 877. The molecule has 0 aromatic heterocycles. The van der Waals surface area contributed by atoms with Gasteiger partial charge in [-0.15, -0.1) is 0 Å². The van der Waals surface area contributed by atoms with Gasteiger partial charge in [-0.3, -0.25) is 9.59 Å². The van der Waals surface area contributed by atoms with Crippen molar-refractivity contribution in [2.75, 3.05) is 13.2 Å². The highest BCUT2D eigenvalue weighted by Crippen LogP contribution is 2.23. The fraction of sp³-hybridized carbons (Fsp3) is 0.360. The van der Waals surface area contributed by atoms with Gasteiger partial charge in [0.05, 0.1) is 5.56 Å². The molecule has 158 valence electrons. The van der Waals surface area contributed by atoms with E-state index in [9.17, 15) is 9.59 Å². The van der Waals surface area contributed by atoms with Gasteiger partial charge in [0, 0.05) is 24.9 Å². The minimum absolute atomic E-state index is 0.0215. The van der Waals surface area contributed by atoms with E-state index in [0.29, 0.717) is 36.8 Å². The lowest BCUT2D eigenvalue weighted by Gasteiger charge is -2.23. The fourth-order valence-corrected chi connectivity index (χ4v) is 3.69. The highest BCUT2D eigenvalue weighted by molar-refractivity contribution is 5.97. The number of nitrogens with one attached hydrogen (secondary N) is 2. The van der Waals surface area contributed by atoms with Crippen molar-refractivity contribution in [2.24, 2.45) is 5.92 Å². The zero-order chi connectivity index (χ0) is 21.3. The number of fused-ring (bicyclic) bond motifs is 1. The summed E-state index contributed by atoms with van der Waals surface area (Å²) < 4.78 is 5.86. The predicted molar refractivity (Wildman–Crippen MR) is 119 cm³/mol. The first-order valence-electron chi connectivity index (χ1n) is 10.5. The van der Waals surface area contributed by atoms with Gasteiger partial charge >= 0.3 is 0 Å². The lowest BCUT2D eigenvalue weighted by Crippen LogP contribution is -2.44. The summed E-state index contributed by atoms with van der Waals surface area (Å²) in [5.74, 6) is 0.690. The number of rotatable bonds is 3. The van der Waals surface area contributed by atoms with Gasteiger partial charge in [-0.2, -0.15) is 0 Å². The van der Waals surface area contributed by atoms with Crippen LogP contribution < -0.4 is 15.4 Å². The average molecular weight is 407 g/mol. The van der Waals surface area contributed by atoms with Crippen molar-refractivity contribution in [3.8, 4) is 5.75 Å². The highest BCUT2D eigenvalue weighted by Gasteiger charge is 2.20. The summed E-state index contributed by atoms with van der Waals surface area (Å²) in [5, 5.41) is 6.09. The summed E-state index contributed by atoms with van der Waals surface area (Å²) in [7, 11) is 0. The molecule has 2 N–H and O–H groups in total. The molecule has 2 aromatic rings. The topological polar surface area (TPSA) is 67.4 Å². The summed E-state index contributed by atoms with van der Waals surface area (Å²) in [5.41, 5.74) is 1.59. The van der Waals surface area contributed by atoms with Crippen LogP contribution in [0.5, 0.6) is 5.75 Å². The zero-order valence-corrected chi connectivity index (χ0v) is 17.6. The Morgan fingerprint density at radius 3 is 2.53 bits per heavy atom. The van der Waals surface area contributed by atoms with Gasteiger partial charge in [-0.25, -0.2) is 0 Å². The number of para-hydroxylation sites is 1. The third kappa shape index (κ3) is 6.21. The molecule has 0 bridgehead atoms. The lowest BCUT2D eigenvalue weighted by atomic mass is 9.94. The largest absolute Gasteiger partial charge is 0.489 e. The Kier molecular flexibility index (Phi) is 7.66. The molecule has 0 radical (unpaired) electrons. The van der Waals surface area contributed by atoms with Crippen LogP contribution in [0.15, 0.2) is 66.7 Å². The van der Waals surface area contributed by atoms with Gasteiger partial charge in [0.15, 0.2) is 0 Å². The van der Waals surface area contributed by atoms with Crippen molar-refractivity contribution < 1.29 is 14.3 Å². The summed E-state index contributed by atoms with van der Waals surface area (Å²) in [6, 6.07) is 17.1. The molecule has 0 saturated heterocycles. The summed E-state index contributed by atoms with van der Waals surface area (Å²) in [4.78, 5) is 25.5. The van der Waals surface area contributed by atoms with Crippen LogP contribution in [0.2, 0.25) is 0 Å². The molecular formula is C25H30N2O3. The van der Waals surface area contributed by atoms with Crippen molar-refractivity contribution in [1.29, 1.82) is 0 Å². The number of benzene rings is 2. The molecule has 1 aliphatic heterocycles. The molecular weight excluding hydrogens is 376 g/mol. The number of amides is 2. The molecule has 0 aliphatic carbocycles. The predicted octanol–water partition coefficient (Wildman–Crippen LogP) is 4.07. The Balaban J connectivity index is 1.87. The number of ether oxygens (including phenoxy) is 1. The van der Waals surface area contributed by atoms with Crippen LogP contribution in [0.1, 0.15) is 48.5 Å². The summed E-state index contributed by atoms with van der Waals surface area (Å²) in [6.45, 7) is 4.92. The van der Waals surface area contributed by atoms with Crippen LogP contribution in [-0.2, 0) is 4.79 Å². The molecule has 5 nitrogen and oxygen atoms in total. The molecule has 2 aromatic carbocycles. The van der Waals surface area contributed by atoms with Crippen molar-refractivity contribution in [2.45, 2.75) is 38.6 Å². The number of hydrogen-bond acceptors (Lipinski definition) is 3. The van der Waals surface area contributed by atoms with Crippen LogP contribution in [0.3, 0.4) is 0 Å². The third-order valence-corrected chi connectivity index (χ3v) is 5.10. The first-order valence-corrected chi connectivity index (χ1v) is 10.5. The smallest absolute Gasteiger partial charge is 0.255 e. The van der Waals surface area contributed by atoms with Crippen molar-refractivity contribution in [1.82, 2.24) is 10.6 Å². The first-order chi connectivity index (χ1) is 14.5. The second kappa shape index (κ2) is 10.6. The van der Waals surface area contributed by atoms with E-state index in [1.807, 2.05) is 54.6 Å². The van der Waals surface area contributed by atoms with E-state index in [4.69, 9.17) is 4.74 Å².